The predicted octanol–water partition coefficient (Wildman–Crippen LogP) is 2.31. The second-order valence-electron chi connectivity index (χ2n) is 5.78. The molecule has 7 nitrogen and oxygen atoms in total. The Balaban J connectivity index is 1.74. The lowest BCUT2D eigenvalue weighted by Gasteiger charge is -2.16. The van der Waals surface area contributed by atoms with Crippen LogP contribution in [0.2, 0.25) is 0 Å². The van der Waals surface area contributed by atoms with Crippen molar-refractivity contribution in [3.05, 3.63) is 54.1 Å². The number of phenolic OH excluding ortho intramolecular Hbond substituents is 1. The Hall–Kier alpha value is -3.35. The zero-order valence-corrected chi connectivity index (χ0v) is 14.1. The summed E-state index contributed by atoms with van der Waals surface area (Å²) in [4.78, 5) is 37.7. The highest BCUT2D eigenvalue weighted by atomic mass is 16.5. The molecule has 26 heavy (non-hydrogen) atoms. The number of anilines is 2. The first-order valence-corrected chi connectivity index (χ1v) is 8.19. The van der Waals surface area contributed by atoms with Gasteiger partial charge in [-0.2, -0.15) is 0 Å². The van der Waals surface area contributed by atoms with Crippen LogP contribution >= 0.6 is 0 Å². The summed E-state index contributed by atoms with van der Waals surface area (Å²) in [6.07, 6.45) is 0.0271. The molecule has 2 aromatic rings. The molecule has 1 atom stereocenters. The van der Waals surface area contributed by atoms with E-state index in [1.165, 1.54) is 24.3 Å². The lowest BCUT2D eigenvalue weighted by Crippen LogP contribution is -2.34. The Morgan fingerprint density at radius 2 is 1.81 bits per heavy atom. The zero-order valence-electron chi connectivity index (χ0n) is 14.1. The number of aromatic hydroxyl groups is 1. The van der Waals surface area contributed by atoms with Crippen molar-refractivity contribution in [3.63, 3.8) is 0 Å². The normalized spacial score (nSPS) is 16.7. The van der Waals surface area contributed by atoms with E-state index in [-0.39, 0.29) is 30.6 Å². The molecule has 1 aliphatic heterocycles. The van der Waals surface area contributed by atoms with E-state index < -0.39 is 12.0 Å². The van der Waals surface area contributed by atoms with Crippen LogP contribution in [-0.4, -0.2) is 35.5 Å². The molecule has 0 unspecified atom stereocenters. The number of rotatable bonds is 5. The Labute approximate surface area is 150 Å². The highest BCUT2D eigenvalue weighted by Gasteiger charge is 2.39. The number of phenols is 1. The molecule has 134 valence electrons. The van der Waals surface area contributed by atoms with Gasteiger partial charge >= 0.3 is 5.97 Å². The van der Waals surface area contributed by atoms with Gasteiger partial charge < -0.3 is 15.2 Å². The van der Waals surface area contributed by atoms with E-state index in [0.717, 1.165) is 4.90 Å². The number of amides is 2. The van der Waals surface area contributed by atoms with E-state index in [2.05, 4.69) is 5.32 Å². The summed E-state index contributed by atoms with van der Waals surface area (Å²) < 4.78 is 4.91. The van der Waals surface area contributed by atoms with Crippen molar-refractivity contribution in [2.75, 3.05) is 16.8 Å². The summed E-state index contributed by atoms with van der Waals surface area (Å²) in [5.74, 6) is -1.03. The summed E-state index contributed by atoms with van der Waals surface area (Å²) in [6.45, 7) is 1.99. The fourth-order valence-electron chi connectivity index (χ4n) is 2.74. The van der Waals surface area contributed by atoms with Crippen molar-refractivity contribution in [1.82, 2.24) is 0 Å². The summed E-state index contributed by atoms with van der Waals surface area (Å²) in [5, 5.41) is 12.3. The van der Waals surface area contributed by atoms with Crippen LogP contribution in [0.15, 0.2) is 48.5 Å². The number of nitrogens with zero attached hydrogens (tertiary/aromatic N) is 1. The van der Waals surface area contributed by atoms with Crippen LogP contribution in [0.1, 0.15) is 23.7 Å². The van der Waals surface area contributed by atoms with Crippen LogP contribution in [0, 0.1) is 0 Å². The summed E-state index contributed by atoms with van der Waals surface area (Å²) in [6, 6.07) is 11.7. The third-order valence-corrected chi connectivity index (χ3v) is 3.99. The Morgan fingerprint density at radius 3 is 2.42 bits per heavy atom. The highest BCUT2D eigenvalue weighted by molar-refractivity contribution is 6.23. The van der Waals surface area contributed by atoms with Gasteiger partial charge in [0, 0.05) is 5.69 Å². The quantitative estimate of drug-likeness (QED) is 0.486. The molecule has 0 radical (unpaired) electrons. The van der Waals surface area contributed by atoms with Crippen LogP contribution in [0.5, 0.6) is 5.75 Å². The number of carbonyl (C=O) groups is 3. The molecule has 1 aliphatic rings. The van der Waals surface area contributed by atoms with Gasteiger partial charge in [-0.3, -0.25) is 9.59 Å². The van der Waals surface area contributed by atoms with Crippen LogP contribution in [0.25, 0.3) is 0 Å². The maximum atomic E-state index is 12.6. The summed E-state index contributed by atoms with van der Waals surface area (Å²) in [7, 11) is 0. The third-order valence-electron chi connectivity index (χ3n) is 3.99. The molecule has 0 aliphatic carbocycles. The topological polar surface area (TPSA) is 95.9 Å². The number of benzene rings is 2. The number of hydrogen-bond acceptors (Lipinski definition) is 6. The molecule has 0 spiro atoms. The van der Waals surface area contributed by atoms with Gasteiger partial charge in [0.05, 0.1) is 24.3 Å². The van der Waals surface area contributed by atoms with Crippen LogP contribution in [-0.2, 0) is 14.3 Å². The average Bonchev–Trinajstić information content (AvgIpc) is 2.91. The van der Waals surface area contributed by atoms with Gasteiger partial charge in [0.2, 0.25) is 5.91 Å². The molecule has 1 fully saturated rings. The van der Waals surface area contributed by atoms with Crippen molar-refractivity contribution >= 4 is 29.2 Å². The van der Waals surface area contributed by atoms with Gasteiger partial charge in [0.1, 0.15) is 11.8 Å². The average molecular weight is 354 g/mol. The second-order valence-corrected chi connectivity index (χ2v) is 5.78. The lowest BCUT2D eigenvalue weighted by molar-refractivity contribution is -0.121. The second kappa shape index (κ2) is 7.26. The van der Waals surface area contributed by atoms with E-state index in [1.807, 2.05) is 0 Å². The first kappa shape index (κ1) is 17.5. The van der Waals surface area contributed by atoms with E-state index in [1.54, 1.807) is 31.2 Å². The maximum Gasteiger partial charge on any atom is 0.338 e. The Bertz CT molecular complexity index is 830. The molecule has 2 aromatic carbocycles. The fourth-order valence-corrected chi connectivity index (χ4v) is 2.74. The van der Waals surface area contributed by atoms with Crippen molar-refractivity contribution in [2.24, 2.45) is 0 Å². The van der Waals surface area contributed by atoms with Crippen molar-refractivity contribution in [3.8, 4) is 5.75 Å². The molecule has 3 rings (SSSR count). The number of nitrogens with one attached hydrogen (secondary N) is 1. The predicted molar refractivity (Wildman–Crippen MR) is 95.0 cm³/mol. The Morgan fingerprint density at radius 1 is 1.15 bits per heavy atom. The molecular weight excluding hydrogens is 336 g/mol. The number of imide groups is 1. The third kappa shape index (κ3) is 3.51. The lowest BCUT2D eigenvalue weighted by atomic mass is 10.2. The summed E-state index contributed by atoms with van der Waals surface area (Å²) in [5.41, 5.74) is 1.39. The monoisotopic (exact) mass is 354 g/mol. The van der Waals surface area contributed by atoms with E-state index in [9.17, 15) is 19.5 Å². The minimum atomic E-state index is -0.684. The molecule has 2 amide bonds. The molecule has 1 heterocycles. The number of esters is 1. The number of carbonyl (C=O) groups excluding carboxylic acids is 3. The molecule has 0 aromatic heterocycles. The SMILES string of the molecule is CCOC(=O)c1ccc(N2C(=O)C[C@@H](Nc3ccc(O)cc3)C2=O)cc1. The number of ether oxygens (including phenoxy) is 1. The summed E-state index contributed by atoms with van der Waals surface area (Å²) >= 11 is 0. The first-order chi connectivity index (χ1) is 12.5. The minimum absolute atomic E-state index is 0.0271. The Kier molecular flexibility index (Phi) is 4.88. The van der Waals surface area contributed by atoms with E-state index in [0.29, 0.717) is 16.9 Å². The van der Waals surface area contributed by atoms with E-state index >= 15 is 0 Å². The van der Waals surface area contributed by atoms with Gasteiger partial charge in [-0.1, -0.05) is 0 Å². The van der Waals surface area contributed by atoms with Crippen molar-refractivity contribution < 1.29 is 24.2 Å². The maximum absolute atomic E-state index is 12.6. The molecule has 0 bridgehead atoms. The molecule has 2 N–H and O–H groups in total. The molecule has 1 saturated heterocycles. The molecule has 0 saturated carbocycles. The largest absolute Gasteiger partial charge is 0.508 e. The van der Waals surface area contributed by atoms with Gasteiger partial charge in [0.15, 0.2) is 0 Å². The van der Waals surface area contributed by atoms with Crippen LogP contribution in [0.4, 0.5) is 11.4 Å². The zero-order chi connectivity index (χ0) is 18.7. The standard InChI is InChI=1S/C19H18N2O5/c1-2-26-19(25)12-3-7-14(8-4-12)21-17(23)11-16(18(21)24)20-13-5-9-15(22)10-6-13/h3-10,16,20,22H,2,11H2,1H3/t16-/m1/s1. The molecule has 7 heteroatoms. The van der Waals surface area contributed by atoms with Gasteiger partial charge in [0.25, 0.3) is 5.91 Å². The minimum Gasteiger partial charge on any atom is -0.508 e. The van der Waals surface area contributed by atoms with Crippen molar-refractivity contribution in [1.29, 1.82) is 0 Å². The van der Waals surface area contributed by atoms with Crippen LogP contribution < -0.4 is 10.2 Å². The van der Waals surface area contributed by atoms with E-state index in [4.69, 9.17) is 4.74 Å². The first-order valence-electron chi connectivity index (χ1n) is 8.19. The molecular formula is C19H18N2O5. The van der Waals surface area contributed by atoms with Crippen LogP contribution in [0.3, 0.4) is 0 Å². The van der Waals surface area contributed by atoms with Crippen molar-refractivity contribution in [2.45, 2.75) is 19.4 Å². The highest BCUT2D eigenvalue weighted by Crippen LogP contribution is 2.26. The number of hydrogen-bond donors (Lipinski definition) is 2. The van der Waals surface area contributed by atoms with Gasteiger partial charge in [-0.05, 0) is 55.5 Å². The fraction of sp³-hybridized carbons (Fsp3) is 0.211. The van der Waals surface area contributed by atoms with Gasteiger partial charge in [-0.15, -0.1) is 0 Å². The van der Waals surface area contributed by atoms with Gasteiger partial charge in [-0.25, -0.2) is 9.69 Å². The smallest absolute Gasteiger partial charge is 0.338 e.